The molecule has 3 unspecified atom stereocenters. The third-order valence-electron chi connectivity index (χ3n) is 4.57. The van der Waals surface area contributed by atoms with Crippen molar-refractivity contribution >= 4 is 5.91 Å². The van der Waals surface area contributed by atoms with Crippen LogP contribution < -0.4 is 10.6 Å². The van der Waals surface area contributed by atoms with E-state index in [1.165, 1.54) is 19.3 Å². The predicted octanol–water partition coefficient (Wildman–Crippen LogP) is 1.46. The number of carbonyl (C=O) groups is 1. The van der Waals surface area contributed by atoms with Gasteiger partial charge >= 0.3 is 0 Å². The molecule has 1 saturated heterocycles. The molecule has 1 aliphatic heterocycles. The number of nitrogens with one attached hydrogen (secondary N) is 2. The highest BCUT2D eigenvalue weighted by atomic mass is 16.1. The molecule has 0 aromatic carbocycles. The first-order valence-electron chi connectivity index (χ1n) is 7.02. The summed E-state index contributed by atoms with van der Waals surface area (Å²) in [6, 6.07) is 0.634. The molecule has 17 heavy (non-hydrogen) atoms. The van der Waals surface area contributed by atoms with E-state index >= 15 is 0 Å². The van der Waals surface area contributed by atoms with Crippen molar-refractivity contribution in [3.63, 3.8) is 0 Å². The summed E-state index contributed by atoms with van der Waals surface area (Å²) in [5.74, 6) is 1.78. The van der Waals surface area contributed by atoms with E-state index in [1.807, 2.05) is 0 Å². The third kappa shape index (κ3) is 2.39. The Morgan fingerprint density at radius 2 is 2.29 bits per heavy atom. The fourth-order valence-corrected chi connectivity index (χ4v) is 3.59. The number of fused-ring (bicyclic) bond motifs is 2. The standard InChI is InChI=1S/C14H22N2O/c17-14(13-9-10-3-4-11(13)8-10)16-7-5-12-2-1-6-15-12/h3-4,10-13,15H,1-2,5-9H2,(H,16,17)/t10?,11?,12-,13?/m0/s1. The van der Waals surface area contributed by atoms with E-state index in [2.05, 4.69) is 22.8 Å². The van der Waals surface area contributed by atoms with Gasteiger partial charge in [-0.3, -0.25) is 4.79 Å². The number of hydrogen-bond donors (Lipinski definition) is 2. The largest absolute Gasteiger partial charge is 0.356 e. The second-order valence-electron chi connectivity index (χ2n) is 5.76. The Labute approximate surface area is 103 Å². The summed E-state index contributed by atoms with van der Waals surface area (Å²) in [4.78, 5) is 12.0. The Morgan fingerprint density at radius 1 is 1.35 bits per heavy atom. The van der Waals surface area contributed by atoms with E-state index in [0.717, 1.165) is 25.9 Å². The highest BCUT2D eigenvalue weighted by Crippen LogP contribution is 2.43. The van der Waals surface area contributed by atoms with Gasteiger partial charge in [-0.15, -0.1) is 0 Å². The zero-order chi connectivity index (χ0) is 11.7. The van der Waals surface area contributed by atoms with Gasteiger partial charge in [-0.2, -0.15) is 0 Å². The predicted molar refractivity (Wildman–Crippen MR) is 67.5 cm³/mol. The molecule has 2 bridgehead atoms. The minimum Gasteiger partial charge on any atom is -0.356 e. The van der Waals surface area contributed by atoms with Gasteiger partial charge in [0.25, 0.3) is 0 Å². The lowest BCUT2D eigenvalue weighted by Gasteiger charge is -2.18. The second kappa shape index (κ2) is 4.81. The number of carbonyl (C=O) groups excluding carboxylic acids is 1. The van der Waals surface area contributed by atoms with Crippen molar-refractivity contribution in [1.29, 1.82) is 0 Å². The van der Waals surface area contributed by atoms with E-state index in [0.29, 0.717) is 23.8 Å². The monoisotopic (exact) mass is 234 g/mol. The van der Waals surface area contributed by atoms with Gasteiger partial charge in [0, 0.05) is 18.5 Å². The van der Waals surface area contributed by atoms with E-state index in [9.17, 15) is 4.79 Å². The zero-order valence-electron chi connectivity index (χ0n) is 10.3. The average Bonchev–Trinajstić information content (AvgIpc) is 3.05. The van der Waals surface area contributed by atoms with E-state index < -0.39 is 0 Å². The molecule has 3 rings (SSSR count). The minimum atomic E-state index is 0.265. The highest BCUT2D eigenvalue weighted by molar-refractivity contribution is 5.79. The molecule has 2 N–H and O–H groups in total. The molecule has 4 atom stereocenters. The van der Waals surface area contributed by atoms with E-state index in [4.69, 9.17) is 0 Å². The summed E-state index contributed by atoms with van der Waals surface area (Å²) in [5, 5.41) is 6.59. The fraction of sp³-hybridized carbons (Fsp3) is 0.786. The summed E-state index contributed by atoms with van der Waals surface area (Å²) in [7, 11) is 0. The van der Waals surface area contributed by atoms with Crippen LogP contribution in [0.3, 0.4) is 0 Å². The number of allylic oxidation sites excluding steroid dienone is 2. The molecule has 0 radical (unpaired) electrons. The van der Waals surface area contributed by atoms with Crippen LogP contribution in [0.2, 0.25) is 0 Å². The van der Waals surface area contributed by atoms with Crippen LogP contribution in [0.15, 0.2) is 12.2 Å². The molecule has 3 nitrogen and oxygen atoms in total. The normalized spacial score (nSPS) is 38.8. The van der Waals surface area contributed by atoms with Crippen molar-refractivity contribution in [2.45, 2.75) is 38.1 Å². The lowest BCUT2D eigenvalue weighted by Crippen LogP contribution is -2.35. The minimum absolute atomic E-state index is 0.265. The zero-order valence-corrected chi connectivity index (χ0v) is 10.3. The lowest BCUT2D eigenvalue weighted by atomic mass is 9.93. The van der Waals surface area contributed by atoms with Crippen molar-refractivity contribution in [1.82, 2.24) is 10.6 Å². The Kier molecular flexibility index (Phi) is 3.19. The molecule has 0 aromatic heterocycles. The molecule has 0 aromatic rings. The van der Waals surface area contributed by atoms with Crippen LogP contribution in [-0.2, 0) is 4.79 Å². The van der Waals surface area contributed by atoms with Gasteiger partial charge < -0.3 is 10.6 Å². The molecule has 0 spiro atoms. The maximum atomic E-state index is 12.0. The van der Waals surface area contributed by atoms with Gasteiger partial charge in [-0.1, -0.05) is 12.2 Å². The van der Waals surface area contributed by atoms with Crippen LogP contribution in [-0.4, -0.2) is 25.0 Å². The fourth-order valence-electron chi connectivity index (χ4n) is 3.59. The first-order valence-corrected chi connectivity index (χ1v) is 7.02. The topological polar surface area (TPSA) is 41.1 Å². The maximum absolute atomic E-state index is 12.0. The van der Waals surface area contributed by atoms with Crippen LogP contribution in [0, 0.1) is 17.8 Å². The van der Waals surface area contributed by atoms with Gasteiger partial charge in [0.15, 0.2) is 0 Å². The molecule has 1 amide bonds. The van der Waals surface area contributed by atoms with Crippen LogP contribution in [0.5, 0.6) is 0 Å². The Hall–Kier alpha value is -0.830. The van der Waals surface area contributed by atoms with Crippen LogP contribution in [0.25, 0.3) is 0 Å². The van der Waals surface area contributed by atoms with Crippen molar-refractivity contribution < 1.29 is 4.79 Å². The lowest BCUT2D eigenvalue weighted by molar-refractivity contribution is -0.125. The third-order valence-corrected chi connectivity index (χ3v) is 4.57. The molecule has 3 aliphatic rings. The van der Waals surface area contributed by atoms with Crippen molar-refractivity contribution in [3.8, 4) is 0 Å². The Balaban J connectivity index is 1.40. The van der Waals surface area contributed by atoms with E-state index in [-0.39, 0.29) is 5.92 Å². The molecule has 1 saturated carbocycles. The van der Waals surface area contributed by atoms with Crippen molar-refractivity contribution in [2.75, 3.05) is 13.1 Å². The first kappa shape index (κ1) is 11.3. The smallest absolute Gasteiger partial charge is 0.223 e. The molecule has 1 heterocycles. The van der Waals surface area contributed by atoms with Gasteiger partial charge in [0.1, 0.15) is 0 Å². The maximum Gasteiger partial charge on any atom is 0.223 e. The van der Waals surface area contributed by atoms with Gasteiger partial charge in [0.05, 0.1) is 0 Å². The number of amides is 1. The van der Waals surface area contributed by atoms with Gasteiger partial charge in [-0.25, -0.2) is 0 Å². The molecule has 94 valence electrons. The second-order valence-corrected chi connectivity index (χ2v) is 5.76. The van der Waals surface area contributed by atoms with E-state index in [1.54, 1.807) is 0 Å². The summed E-state index contributed by atoms with van der Waals surface area (Å²) in [6.45, 7) is 1.99. The molecule has 2 aliphatic carbocycles. The quantitative estimate of drug-likeness (QED) is 0.723. The summed E-state index contributed by atoms with van der Waals surface area (Å²) < 4.78 is 0. The van der Waals surface area contributed by atoms with Crippen molar-refractivity contribution in [3.05, 3.63) is 12.2 Å². The molecular formula is C14H22N2O. The first-order chi connectivity index (χ1) is 8.33. The number of rotatable bonds is 4. The molecule has 3 heteroatoms. The summed E-state index contributed by atoms with van der Waals surface area (Å²) in [6.07, 6.45) is 10.5. The van der Waals surface area contributed by atoms with Gasteiger partial charge in [-0.05, 0) is 50.5 Å². The van der Waals surface area contributed by atoms with Crippen molar-refractivity contribution in [2.24, 2.45) is 17.8 Å². The SMILES string of the molecule is O=C(NCC[C@@H]1CCCN1)C1CC2C=CC1C2. The summed E-state index contributed by atoms with van der Waals surface area (Å²) >= 11 is 0. The van der Waals surface area contributed by atoms with Crippen LogP contribution >= 0.6 is 0 Å². The Bertz CT molecular complexity index is 320. The van der Waals surface area contributed by atoms with Gasteiger partial charge in [0.2, 0.25) is 5.91 Å². The number of hydrogen-bond acceptors (Lipinski definition) is 2. The molecule has 2 fully saturated rings. The Morgan fingerprint density at radius 3 is 2.94 bits per heavy atom. The molecular weight excluding hydrogens is 212 g/mol. The highest BCUT2D eigenvalue weighted by Gasteiger charge is 2.39. The average molecular weight is 234 g/mol. The summed E-state index contributed by atoms with van der Waals surface area (Å²) in [5.41, 5.74) is 0. The van der Waals surface area contributed by atoms with Crippen LogP contribution in [0.1, 0.15) is 32.1 Å². The van der Waals surface area contributed by atoms with Crippen LogP contribution in [0.4, 0.5) is 0 Å².